The molecule has 1 fully saturated rings. The van der Waals surface area contributed by atoms with Crippen LogP contribution < -0.4 is 10.6 Å². The summed E-state index contributed by atoms with van der Waals surface area (Å²) in [6.45, 7) is 6.06. The molecule has 3 N–H and O–H groups in total. The number of nitrogens with one attached hydrogen (secondary N) is 2. The molecule has 2 unspecified atom stereocenters. The van der Waals surface area contributed by atoms with Crippen molar-refractivity contribution in [2.75, 3.05) is 12.3 Å². The largest absolute Gasteiger partial charge is 0.390 e. The number of halogens is 2. The first kappa shape index (κ1) is 28.0. The Morgan fingerprint density at radius 3 is 2.50 bits per heavy atom. The summed E-state index contributed by atoms with van der Waals surface area (Å²) in [5.74, 6) is -1.04. The predicted octanol–water partition coefficient (Wildman–Crippen LogP) is 5.79. The van der Waals surface area contributed by atoms with Crippen molar-refractivity contribution in [3.05, 3.63) is 113 Å². The third-order valence-electron chi connectivity index (χ3n) is 6.91. The zero-order chi connectivity index (χ0) is 27.1. The maximum atomic E-state index is 13.9. The number of aliphatic hydroxyl groups excluding tert-OH is 1. The van der Waals surface area contributed by atoms with Gasteiger partial charge in [0.2, 0.25) is 0 Å². The number of benzene rings is 3. The zero-order valence-electron chi connectivity index (χ0n) is 21.6. The van der Waals surface area contributed by atoms with Crippen LogP contribution in [-0.4, -0.2) is 35.5 Å². The van der Waals surface area contributed by atoms with Crippen LogP contribution in [0.2, 0.25) is 0 Å². The van der Waals surface area contributed by atoms with E-state index in [2.05, 4.69) is 48.4 Å². The lowest BCUT2D eigenvalue weighted by Crippen LogP contribution is -2.50. The lowest BCUT2D eigenvalue weighted by Gasteiger charge is -2.27. The molecule has 1 aliphatic rings. The average Bonchev–Trinajstić information content (AvgIpc) is 3.71. The Balaban J connectivity index is 1.50. The number of aliphatic hydroxyl groups is 1. The van der Waals surface area contributed by atoms with Crippen molar-refractivity contribution in [3.8, 4) is 0 Å². The summed E-state index contributed by atoms with van der Waals surface area (Å²) in [5.41, 5.74) is 3.04. The molecular formula is C31H34F2N2O2S. The van der Waals surface area contributed by atoms with Gasteiger partial charge in [-0.2, -0.15) is 0 Å². The number of hydrogen-bond donors (Lipinski definition) is 3. The van der Waals surface area contributed by atoms with Gasteiger partial charge < -0.3 is 15.7 Å². The second kappa shape index (κ2) is 12.7. The third-order valence-corrected chi connectivity index (χ3v) is 7.90. The molecule has 0 aliphatic heterocycles. The SMILES string of the molecule is C=CCSc1cccc(C(=O)NC(Cc2cc(F)cc(F)c2)C(O)CNC2(c3cccc(CC)c3)CC2)c1. The van der Waals surface area contributed by atoms with Crippen LogP contribution in [0.4, 0.5) is 8.78 Å². The van der Waals surface area contributed by atoms with Gasteiger partial charge in [-0.3, -0.25) is 4.79 Å². The Morgan fingerprint density at radius 1 is 1.08 bits per heavy atom. The minimum Gasteiger partial charge on any atom is -0.390 e. The van der Waals surface area contributed by atoms with E-state index in [9.17, 15) is 18.7 Å². The van der Waals surface area contributed by atoms with Gasteiger partial charge in [-0.15, -0.1) is 18.3 Å². The molecule has 38 heavy (non-hydrogen) atoms. The molecule has 0 saturated heterocycles. The van der Waals surface area contributed by atoms with Gasteiger partial charge >= 0.3 is 0 Å². The number of aryl methyl sites for hydroxylation is 1. The quantitative estimate of drug-likeness (QED) is 0.191. The topological polar surface area (TPSA) is 61.4 Å². The molecule has 1 saturated carbocycles. The van der Waals surface area contributed by atoms with E-state index < -0.39 is 23.8 Å². The van der Waals surface area contributed by atoms with Gasteiger partial charge in [-0.05, 0) is 72.7 Å². The molecule has 7 heteroatoms. The number of carbonyl (C=O) groups excluding carboxylic acids is 1. The maximum absolute atomic E-state index is 13.9. The highest BCUT2D eigenvalue weighted by molar-refractivity contribution is 7.99. The predicted molar refractivity (Wildman–Crippen MR) is 149 cm³/mol. The molecule has 0 aromatic heterocycles. The molecule has 1 aliphatic carbocycles. The Bertz CT molecular complexity index is 1260. The highest BCUT2D eigenvalue weighted by Gasteiger charge is 2.44. The first-order chi connectivity index (χ1) is 18.3. The molecular weight excluding hydrogens is 502 g/mol. The molecule has 0 spiro atoms. The molecule has 0 bridgehead atoms. The molecule has 3 aromatic rings. The number of carbonyl (C=O) groups is 1. The zero-order valence-corrected chi connectivity index (χ0v) is 22.4. The van der Waals surface area contributed by atoms with E-state index in [1.807, 2.05) is 6.07 Å². The van der Waals surface area contributed by atoms with E-state index in [0.717, 1.165) is 30.2 Å². The molecule has 4 rings (SSSR count). The number of amides is 1. The summed E-state index contributed by atoms with van der Waals surface area (Å²) in [6.07, 6.45) is 3.73. The molecule has 3 aromatic carbocycles. The van der Waals surface area contributed by atoms with Crippen LogP contribution in [0.3, 0.4) is 0 Å². The highest BCUT2D eigenvalue weighted by atomic mass is 32.2. The maximum Gasteiger partial charge on any atom is 0.251 e. The lowest BCUT2D eigenvalue weighted by atomic mass is 9.98. The summed E-state index contributed by atoms with van der Waals surface area (Å²) >= 11 is 1.56. The monoisotopic (exact) mass is 536 g/mol. The smallest absolute Gasteiger partial charge is 0.251 e. The minimum atomic E-state index is -0.990. The first-order valence-corrected chi connectivity index (χ1v) is 13.9. The van der Waals surface area contributed by atoms with E-state index in [1.54, 1.807) is 36.0 Å². The van der Waals surface area contributed by atoms with Gasteiger partial charge in [0, 0.05) is 34.4 Å². The normalized spacial score (nSPS) is 15.5. The van der Waals surface area contributed by atoms with Crippen molar-refractivity contribution in [3.63, 3.8) is 0 Å². The van der Waals surface area contributed by atoms with Crippen molar-refractivity contribution >= 4 is 17.7 Å². The van der Waals surface area contributed by atoms with E-state index in [1.165, 1.54) is 23.3 Å². The van der Waals surface area contributed by atoms with Gasteiger partial charge in [0.05, 0.1) is 12.1 Å². The second-order valence-electron chi connectivity index (χ2n) is 9.77. The Hall–Kier alpha value is -3.00. The highest BCUT2D eigenvalue weighted by Crippen LogP contribution is 2.45. The summed E-state index contributed by atoms with van der Waals surface area (Å²) in [5, 5.41) is 17.7. The van der Waals surface area contributed by atoms with Gasteiger partial charge in [0.1, 0.15) is 11.6 Å². The fourth-order valence-electron chi connectivity index (χ4n) is 4.62. The van der Waals surface area contributed by atoms with Gasteiger partial charge in [0.25, 0.3) is 5.91 Å². The van der Waals surface area contributed by atoms with Crippen molar-refractivity contribution in [1.82, 2.24) is 10.6 Å². The van der Waals surface area contributed by atoms with Gasteiger partial charge in [-0.1, -0.05) is 43.3 Å². The number of thioether (sulfide) groups is 1. The molecule has 0 radical (unpaired) electrons. The van der Waals surface area contributed by atoms with Crippen LogP contribution in [0, 0.1) is 11.6 Å². The van der Waals surface area contributed by atoms with E-state index in [4.69, 9.17) is 0 Å². The number of rotatable bonds is 13. The van der Waals surface area contributed by atoms with Crippen LogP contribution >= 0.6 is 11.8 Å². The molecule has 200 valence electrons. The fourth-order valence-corrected chi connectivity index (χ4v) is 5.32. The van der Waals surface area contributed by atoms with Crippen LogP contribution in [0.5, 0.6) is 0 Å². The van der Waals surface area contributed by atoms with Crippen molar-refractivity contribution in [2.45, 2.75) is 55.2 Å². The van der Waals surface area contributed by atoms with Crippen LogP contribution in [0.15, 0.2) is 84.3 Å². The van der Waals surface area contributed by atoms with Gasteiger partial charge in [-0.25, -0.2) is 8.78 Å². The Kier molecular flexibility index (Phi) is 9.36. The van der Waals surface area contributed by atoms with E-state index in [0.29, 0.717) is 16.9 Å². The van der Waals surface area contributed by atoms with Crippen molar-refractivity contribution in [1.29, 1.82) is 0 Å². The van der Waals surface area contributed by atoms with Crippen LogP contribution in [0.25, 0.3) is 0 Å². The molecule has 1 amide bonds. The molecule has 2 atom stereocenters. The third kappa shape index (κ3) is 7.31. The Labute approximate surface area is 227 Å². The summed E-state index contributed by atoms with van der Waals surface area (Å²) in [7, 11) is 0. The van der Waals surface area contributed by atoms with Crippen molar-refractivity contribution in [2.24, 2.45) is 0 Å². The van der Waals surface area contributed by atoms with E-state index in [-0.39, 0.29) is 24.4 Å². The summed E-state index contributed by atoms with van der Waals surface area (Å²) in [4.78, 5) is 14.1. The van der Waals surface area contributed by atoms with Crippen LogP contribution in [-0.2, 0) is 18.4 Å². The lowest BCUT2D eigenvalue weighted by molar-refractivity contribution is 0.0822. The van der Waals surface area contributed by atoms with Gasteiger partial charge in [0.15, 0.2) is 0 Å². The fraction of sp³-hybridized carbons (Fsp3) is 0.323. The van der Waals surface area contributed by atoms with Crippen LogP contribution in [0.1, 0.15) is 46.8 Å². The Morgan fingerprint density at radius 2 is 1.82 bits per heavy atom. The second-order valence-corrected chi connectivity index (χ2v) is 10.9. The molecule has 0 heterocycles. The molecule has 4 nitrogen and oxygen atoms in total. The minimum absolute atomic E-state index is 0.0759. The average molecular weight is 537 g/mol. The summed E-state index contributed by atoms with van der Waals surface area (Å²) < 4.78 is 27.8. The standard InChI is InChI=1S/C31H34F2N2O2S/c1-3-13-38-27-10-6-8-23(18-27)30(37)35-28(17-22-15-25(32)19-26(33)16-22)29(36)20-34-31(11-12-31)24-9-5-7-21(4-2)14-24/h3,5-10,14-16,18-19,28-29,34,36H,1,4,11-13,17,20H2,2H3,(H,35,37). The number of hydrogen-bond acceptors (Lipinski definition) is 4. The summed E-state index contributed by atoms with van der Waals surface area (Å²) in [6, 6.07) is 18.1. The van der Waals surface area contributed by atoms with E-state index >= 15 is 0 Å². The van der Waals surface area contributed by atoms with Crippen molar-refractivity contribution < 1.29 is 18.7 Å². The first-order valence-electron chi connectivity index (χ1n) is 12.9.